The monoisotopic (exact) mass is 537 g/mol. The maximum Gasteiger partial charge on any atom is -0.00484 e. The van der Waals surface area contributed by atoms with Gasteiger partial charge >= 0.3 is 0 Å². The molecule has 0 aliphatic rings. The average molecular weight is 537 g/mol. The van der Waals surface area contributed by atoms with Crippen molar-refractivity contribution >= 4 is 0 Å². The lowest BCUT2D eigenvalue weighted by atomic mass is 10.0. The van der Waals surface area contributed by atoms with Gasteiger partial charge in [0.1, 0.15) is 0 Å². The zero-order valence-electron chi connectivity index (χ0n) is 27.0. The zero-order valence-corrected chi connectivity index (χ0v) is 27.0. The second-order valence-electron chi connectivity index (χ2n) is 12.4. The average Bonchev–Trinajstić information content (AvgIpc) is 2.93. The van der Waals surface area contributed by atoms with E-state index in [2.05, 4.69) is 24.5 Å². The van der Waals surface area contributed by atoms with Gasteiger partial charge in [-0.05, 0) is 51.9 Å². The van der Waals surface area contributed by atoms with E-state index >= 15 is 0 Å². The summed E-state index contributed by atoms with van der Waals surface area (Å²) in [5, 5.41) is 7.32. The summed E-state index contributed by atoms with van der Waals surface area (Å²) < 4.78 is 0. The molecule has 2 heteroatoms. The molecule has 0 bridgehead atoms. The Morgan fingerprint density at radius 2 is 0.368 bits per heavy atom. The van der Waals surface area contributed by atoms with E-state index in [9.17, 15) is 0 Å². The minimum Gasteiger partial charge on any atom is -0.317 e. The molecule has 0 aromatic carbocycles. The van der Waals surface area contributed by atoms with Crippen molar-refractivity contribution in [3.05, 3.63) is 0 Å². The summed E-state index contributed by atoms with van der Waals surface area (Å²) in [4.78, 5) is 0. The molecular formula is C36H76N2. The Balaban J connectivity index is 3.01. The molecule has 0 saturated heterocycles. The van der Waals surface area contributed by atoms with Gasteiger partial charge in [-0.3, -0.25) is 0 Å². The van der Waals surface area contributed by atoms with E-state index in [1.165, 1.54) is 219 Å². The van der Waals surface area contributed by atoms with Crippen molar-refractivity contribution in [1.82, 2.24) is 10.6 Å². The molecule has 0 aromatic rings. The van der Waals surface area contributed by atoms with Crippen LogP contribution < -0.4 is 10.6 Å². The number of hydrogen-bond donors (Lipinski definition) is 2. The van der Waals surface area contributed by atoms with Crippen LogP contribution in [0, 0.1) is 0 Å². The first kappa shape index (κ1) is 37.9. The Hall–Kier alpha value is -0.0800. The number of unbranched alkanes of at least 4 members (excludes halogenated alkanes) is 27. The van der Waals surface area contributed by atoms with Crippen LogP contribution in [0.5, 0.6) is 0 Å². The number of nitrogens with one attached hydrogen (secondary N) is 2. The van der Waals surface area contributed by atoms with Crippen LogP contribution in [0.2, 0.25) is 0 Å². The van der Waals surface area contributed by atoms with E-state index in [0.717, 1.165) is 0 Å². The fourth-order valence-electron chi connectivity index (χ4n) is 5.64. The smallest absolute Gasteiger partial charge is 0.00484 e. The van der Waals surface area contributed by atoms with Gasteiger partial charge in [-0.15, -0.1) is 0 Å². The quantitative estimate of drug-likeness (QED) is 0.0787. The van der Waals surface area contributed by atoms with Crippen LogP contribution in [0.25, 0.3) is 0 Å². The van der Waals surface area contributed by atoms with E-state index < -0.39 is 0 Å². The van der Waals surface area contributed by atoms with E-state index in [1.54, 1.807) is 0 Å². The van der Waals surface area contributed by atoms with Gasteiger partial charge in [-0.2, -0.15) is 0 Å². The third kappa shape index (κ3) is 35.9. The summed E-state index contributed by atoms with van der Waals surface area (Å²) in [6.45, 7) is 9.48. The SMILES string of the molecule is CCCCCCCCCCCCCCCCNCCCCNCCCCCCCCCCCCCCCC. The van der Waals surface area contributed by atoms with Crippen molar-refractivity contribution in [2.45, 2.75) is 206 Å². The first-order valence-electron chi connectivity index (χ1n) is 18.3. The molecule has 230 valence electrons. The molecule has 0 rings (SSSR count). The normalized spacial score (nSPS) is 11.5. The molecule has 0 aliphatic carbocycles. The third-order valence-corrected chi connectivity index (χ3v) is 8.37. The van der Waals surface area contributed by atoms with Crippen LogP contribution >= 0.6 is 0 Å². The number of rotatable bonds is 35. The van der Waals surface area contributed by atoms with Crippen molar-refractivity contribution in [2.75, 3.05) is 26.2 Å². The summed E-state index contributed by atoms with van der Waals surface area (Å²) in [6, 6.07) is 0. The Labute approximate surface area is 243 Å². The van der Waals surface area contributed by atoms with Crippen molar-refractivity contribution in [3.8, 4) is 0 Å². The standard InChI is InChI=1S/C36H76N2/c1-3-5-7-9-11-13-15-17-19-21-23-25-27-29-33-37-35-31-32-36-38-34-30-28-26-24-22-20-18-16-14-12-10-8-6-4-2/h37-38H,3-36H2,1-2H3. The van der Waals surface area contributed by atoms with Crippen LogP contribution in [0.15, 0.2) is 0 Å². The van der Waals surface area contributed by atoms with Crippen LogP contribution in [-0.4, -0.2) is 26.2 Å². The summed E-state index contributed by atoms with van der Waals surface area (Å²) in [7, 11) is 0. The Morgan fingerprint density at radius 3 is 0.579 bits per heavy atom. The largest absolute Gasteiger partial charge is 0.317 e. The summed E-state index contributed by atoms with van der Waals surface area (Å²) >= 11 is 0. The van der Waals surface area contributed by atoms with Crippen molar-refractivity contribution < 1.29 is 0 Å². The topological polar surface area (TPSA) is 24.1 Å². The molecule has 38 heavy (non-hydrogen) atoms. The van der Waals surface area contributed by atoms with Gasteiger partial charge in [-0.1, -0.05) is 181 Å². The molecule has 2 N–H and O–H groups in total. The predicted octanol–water partition coefficient (Wildman–Crippen LogP) is 11.9. The van der Waals surface area contributed by atoms with Crippen molar-refractivity contribution in [1.29, 1.82) is 0 Å². The molecule has 0 atom stereocenters. The van der Waals surface area contributed by atoms with Crippen LogP contribution in [0.1, 0.15) is 206 Å². The molecule has 2 nitrogen and oxygen atoms in total. The maximum absolute atomic E-state index is 3.66. The highest BCUT2D eigenvalue weighted by atomic mass is 14.9. The molecule has 0 amide bonds. The Kier molecular flexibility index (Phi) is 36.8. The van der Waals surface area contributed by atoms with Crippen LogP contribution in [-0.2, 0) is 0 Å². The van der Waals surface area contributed by atoms with Gasteiger partial charge in [0.2, 0.25) is 0 Å². The predicted molar refractivity (Wildman–Crippen MR) is 176 cm³/mol. The second kappa shape index (κ2) is 36.9. The molecule has 0 aliphatic heterocycles. The first-order chi connectivity index (χ1) is 18.9. The number of hydrogen-bond acceptors (Lipinski definition) is 2. The third-order valence-electron chi connectivity index (χ3n) is 8.37. The molecule has 0 unspecified atom stereocenters. The fourth-order valence-corrected chi connectivity index (χ4v) is 5.64. The fraction of sp³-hybridized carbons (Fsp3) is 1.00. The summed E-state index contributed by atoms with van der Waals surface area (Å²) in [6.07, 6.45) is 43.2. The highest BCUT2D eigenvalue weighted by Gasteiger charge is 1.96. The van der Waals surface area contributed by atoms with E-state index in [1.807, 2.05) is 0 Å². The molecule has 0 radical (unpaired) electrons. The summed E-state index contributed by atoms with van der Waals surface area (Å²) in [5.41, 5.74) is 0. The lowest BCUT2D eigenvalue weighted by Crippen LogP contribution is -2.20. The van der Waals surface area contributed by atoms with Crippen LogP contribution in [0.4, 0.5) is 0 Å². The molecule has 0 fully saturated rings. The van der Waals surface area contributed by atoms with Crippen molar-refractivity contribution in [3.63, 3.8) is 0 Å². The van der Waals surface area contributed by atoms with Gasteiger partial charge in [0.25, 0.3) is 0 Å². The van der Waals surface area contributed by atoms with Gasteiger partial charge in [0, 0.05) is 0 Å². The highest BCUT2D eigenvalue weighted by molar-refractivity contribution is 4.55. The highest BCUT2D eigenvalue weighted by Crippen LogP contribution is 2.14. The van der Waals surface area contributed by atoms with Gasteiger partial charge in [0.15, 0.2) is 0 Å². The van der Waals surface area contributed by atoms with E-state index in [0.29, 0.717) is 0 Å². The minimum atomic E-state index is 1.21. The zero-order chi connectivity index (χ0) is 27.5. The second-order valence-corrected chi connectivity index (χ2v) is 12.4. The lowest BCUT2D eigenvalue weighted by molar-refractivity contribution is 0.519. The molecular weight excluding hydrogens is 460 g/mol. The molecule has 0 saturated carbocycles. The molecule has 0 aromatic heterocycles. The minimum absolute atomic E-state index is 1.21. The lowest BCUT2D eigenvalue weighted by Gasteiger charge is -2.07. The van der Waals surface area contributed by atoms with Crippen molar-refractivity contribution in [2.24, 2.45) is 0 Å². The molecule has 0 spiro atoms. The maximum atomic E-state index is 3.66. The Bertz CT molecular complexity index is 348. The first-order valence-corrected chi connectivity index (χ1v) is 18.3. The van der Waals surface area contributed by atoms with Gasteiger partial charge in [0.05, 0.1) is 0 Å². The van der Waals surface area contributed by atoms with Crippen LogP contribution in [0.3, 0.4) is 0 Å². The van der Waals surface area contributed by atoms with E-state index in [4.69, 9.17) is 0 Å². The van der Waals surface area contributed by atoms with E-state index in [-0.39, 0.29) is 0 Å². The summed E-state index contributed by atoms with van der Waals surface area (Å²) in [5.74, 6) is 0. The van der Waals surface area contributed by atoms with Gasteiger partial charge < -0.3 is 10.6 Å². The Morgan fingerprint density at radius 1 is 0.211 bits per heavy atom. The molecule has 0 heterocycles. The van der Waals surface area contributed by atoms with Gasteiger partial charge in [-0.25, -0.2) is 0 Å².